The summed E-state index contributed by atoms with van der Waals surface area (Å²) in [6.07, 6.45) is 0. The SMILES string of the molecule is [C-]#[N+]c1ccc2c(c1)-c1cc(C#N)cc3c1B2c1cc2ccc4c5c(cc6ccc-3c1c6c25)B1c2ccc(C#N)cc2-c2cc([N+]#[C-])cc-4c21. The topological polar surface area (TPSA) is 56.3 Å². The summed E-state index contributed by atoms with van der Waals surface area (Å²) in [5.41, 5.74) is 18.4. The van der Waals surface area contributed by atoms with Gasteiger partial charge in [-0.15, -0.1) is 0 Å². The zero-order valence-electron chi connectivity index (χ0n) is 26.2. The van der Waals surface area contributed by atoms with Gasteiger partial charge in [0.05, 0.1) is 36.4 Å². The third-order valence-electron chi connectivity index (χ3n) is 11.9. The van der Waals surface area contributed by atoms with Crippen molar-refractivity contribution in [2.75, 3.05) is 0 Å². The minimum Gasteiger partial charge on any atom is -0.238 e. The normalized spacial score (nSPS) is 13.0. The molecule has 4 aliphatic rings. The van der Waals surface area contributed by atoms with Crippen LogP contribution in [0.1, 0.15) is 11.1 Å². The maximum atomic E-state index is 10.2. The highest BCUT2D eigenvalue weighted by Gasteiger charge is 2.44. The number of hydrogen-bond donors (Lipinski definition) is 0. The molecule has 0 saturated heterocycles. The number of hydrogen-bond acceptors (Lipinski definition) is 2. The fraction of sp³-hybridized carbons (Fsp3) is 0. The van der Waals surface area contributed by atoms with Gasteiger partial charge in [0, 0.05) is 0 Å². The van der Waals surface area contributed by atoms with Crippen molar-refractivity contribution in [3.63, 3.8) is 0 Å². The molecule has 0 aliphatic carbocycles. The van der Waals surface area contributed by atoms with Crippen molar-refractivity contribution in [1.29, 1.82) is 10.5 Å². The molecule has 0 bridgehead atoms. The summed E-state index contributed by atoms with van der Waals surface area (Å²) in [5, 5.41) is 27.3. The molecule has 0 amide bonds. The Balaban J connectivity index is 1.25. The zero-order valence-corrected chi connectivity index (χ0v) is 26.2. The van der Waals surface area contributed by atoms with Crippen molar-refractivity contribution < 1.29 is 0 Å². The van der Waals surface area contributed by atoms with Crippen molar-refractivity contribution in [2.45, 2.75) is 0 Å². The van der Waals surface area contributed by atoms with E-state index in [-0.39, 0.29) is 13.4 Å². The Kier molecular flexibility index (Phi) is 4.39. The van der Waals surface area contributed by atoms with E-state index < -0.39 is 0 Å². The highest BCUT2D eigenvalue weighted by molar-refractivity contribution is 7.03. The van der Waals surface area contributed by atoms with Crippen LogP contribution in [0, 0.1) is 35.8 Å². The van der Waals surface area contributed by atoms with Gasteiger partial charge in [-0.25, -0.2) is 9.69 Å². The summed E-state index contributed by atoms with van der Waals surface area (Å²) in [5.74, 6) is 0. The van der Waals surface area contributed by atoms with Crippen LogP contribution in [0.5, 0.6) is 0 Å². The van der Waals surface area contributed by atoms with Crippen molar-refractivity contribution in [3.05, 3.63) is 131 Å². The highest BCUT2D eigenvalue weighted by atomic mass is 14.6. The number of benzene rings is 8. The summed E-state index contributed by atoms with van der Waals surface area (Å²) >= 11 is 0. The largest absolute Gasteiger partial charge is 0.244 e. The maximum absolute atomic E-state index is 10.2. The Morgan fingerprint density at radius 1 is 0.420 bits per heavy atom. The number of rotatable bonds is 0. The Hall–Kier alpha value is -7.11. The Morgan fingerprint density at radius 3 is 1.48 bits per heavy atom. The van der Waals surface area contributed by atoms with Crippen LogP contribution >= 0.6 is 0 Å². The molecule has 50 heavy (non-hydrogen) atoms. The van der Waals surface area contributed by atoms with E-state index in [1.54, 1.807) is 0 Å². The molecule has 0 fully saturated rings. The lowest BCUT2D eigenvalue weighted by atomic mass is 9.34. The van der Waals surface area contributed by atoms with Crippen molar-refractivity contribution in [2.24, 2.45) is 0 Å². The first-order valence-electron chi connectivity index (χ1n) is 16.6. The molecule has 6 heteroatoms. The predicted molar refractivity (Wildman–Crippen MR) is 203 cm³/mol. The number of fused-ring (bicyclic) bond motifs is 10. The molecule has 4 nitrogen and oxygen atoms in total. The van der Waals surface area contributed by atoms with Gasteiger partial charge in [-0.2, -0.15) is 10.5 Å². The molecular formula is C44H16B2N4. The molecule has 8 aromatic carbocycles. The first kappa shape index (κ1) is 25.9. The lowest BCUT2D eigenvalue weighted by molar-refractivity contribution is 1.49. The lowest BCUT2D eigenvalue weighted by Gasteiger charge is -2.31. The number of nitriles is 2. The molecule has 0 spiro atoms. The molecule has 4 heterocycles. The molecule has 0 unspecified atom stereocenters. The van der Waals surface area contributed by atoms with E-state index in [4.69, 9.17) is 13.1 Å². The van der Waals surface area contributed by atoms with Crippen LogP contribution in [-0.4, -0.2) is 13.4 Å². The van der Waals surface area contributed by atoms with E-state index in [1.165, 1.54) is 65.1 Å². The van der Waals surface area contributed by atoms with E-state index in [0.717, 1.165) is 44.5 Å². The molecule has 12 rings (SSSR count). The van der Waals surface area contributed by atoms with E-state index in [1.807, 2.05) is 36.4 Å². The van der Waals surface area contributed by atoms with Crippen molar-refractivity contribution >= 4 is 89.9 Å². The van der Waals surface area contributed by atoms with Crippen molar-refractivity contribution in [3.8, 4) is 56.6 Å². The van der Waals surface area contributed by atoms with Gasteiger partial charge in [0.2, 0.25) is 13.4 Å². The van der Waals surface area contributed by atoms with Gasteiger partial charge < -0.3 is 0 Å². The van der Waals surface area contributed by atoms with Gasteiger partial charge in [-0.3, -0.25) is 0 Å². The smallest absolute Gasteiger partial charge is 0.238 e. The summed E-state index contributed by atoms with van der Waals surface area (Å²) < 4.78 is 0. The van der Waals surface area contributed by atoms with Crippen LogP contribution in [0.15, 0.2) is 97.1 Å². The van der Waals surface area contributed by atoms with Crippen LogP contribution in [0.4, 0.5) is 11.4 Å². The average molecular weight is 622 g/mol. The molecule has 0 saturated carbocycles. The molecule has 0 N–H and O–H groups in total. The Labute approximate surface area is 287 Å². The van der Waals surface area contributed by atoms with Gasteiger partial charge in [-0.1, -0.05) is 87.4 Å². The quantitative estimate of drug-likeness (QED) is 0.112. The summed E-state index contributed by atoms with van der Waals surface area (Å²) in [6.45, 7) is 15.7. The fourth-order valence-electron chi connectivity index (χ4n) is 10.1. The van der Waals surface area contributed by atoms with E-state index in [2.05, 4.69) is 82.5 Å². The van der Waals surface area contributed by atoms with E-state index in [0.29, 0.717) is 22.5 Å². The molecule has 0 atom stereocenters. The van der Waals surface area contributed by atoms with E-state index >= 15 is 0 Å². The molecular weight excluding hydrogens is 606 g/mol. The van der Waals surface area contributed by atoms with Gasteiger partial charge in [0.25, 0.3) is 0 Å². The second kappa shape index (κ2) is 8.48. The van der Waals surface area contributed by atoms with Gasteiger partial charge >= 0.3 is 0 Å². The minimum absolute atomic E-state index is 0.00312. The fourth-order valence-corrected chi connectivity index (χ4v) is 10.1. The Bertz CT molecular complexity index is 3000. The zero-order chi connectivity index (χ0) is 33.2. The maximum Gasteiger partial charge on any atom is 0.244 e. The molecule has 8 aromatic rings. The predicted octanol–water partition coefficient (Wildman–Crippen LogP) is 6.38. The standard InChI is InChI=1S/C44H16B2N4/c1-49-25-6-10-36-30(16-25)32-13-22(20-48)12-31-27-7-4-23-15-38-42-28(8-5-24-14-37(46(36)43(31)32)41(27)39(23)40(24)42)33-17-26(50-2)18-34-29-11-21(19-47)3-9-35(29)45(38)44(33)34/h3-18H. The second-order valence-corrected chi connectivity index (χ2v) is 13.9. The third-order valence-corrected chi connectivity index (χ3v) is 11.9. The third kappa shape index (κ3) is 2.78. The van der Waals surface area contributed by atoms with Gasteiger partial charge in [-0.05, 0) is 119 Å². The Morgan fingerprint density at radius 2 is 0.900 bits per heavy atom. The number of nitrogens with zero attached hydrogens (tertiary/aromatic N) is 4. The van der Waals surface area contributed by atoms with Crippen LogP contribution < -0.4 is 32.8 Å². The highest BCUT2D eigenvalue weighted by Crippen LogP contribution is 2.47. The first-order chi connectivity index (χ1) is 24.6. The van der Waals surface area contributed by atoms with Crippen molar-refractivity contribution in [1.82, 2.24) is 0 Å². The minimum atomic E-state index is -0.00379. The van der Waals surface area contributed by atoms with E-state index in [9.17, 15) is 10.5 Å². The summed E-state index contributed by atoms with van der Waals surface area (Å²) in [4.78, 5) is 7.64. The molecule has 0 aromatic heterocycles. The monoisotopic (exact) mass is 622 g/mol. The second-order valence-electron chi connectivity index (χ2n) is 13.9. The summed E-state index contributed by atoms with van der Waals surface area (Å²) in [7, 11) is 0. The van der Waals surface area contributed by atoms with Gasteiger partial charge in [0.1, 0.15) is 0 Å². The van der Waals surface area contributed by atoms with Gasteiger partial charge in [0.15, 0.2) is 11.4 Å². The molecule has 4 aliphatic heterocycles. The van der Waals surface area contributed by atoms with Crippen LogP contribution in [0.2, 0.25) is 0 Å². The first-order valence-corrected chi connectivity index (χ1v) is 16.6. The lowest BCUT2D eigenvalue weighted by Crippen LogP contribution is -2.52. The van der Waals surface area contributed by atoms with Crippen LogP contribution in [-0.2, 0) is 0 Å². The molecule has 0 radical (unpaired) electrons. The summed E-state index contributed by atoms with van der Waals surface area (Å²) in [6, 6.07) is 38.7. The van der Waals surface area contributed by atoms with Crippen LogP contribution in [0.25, 0.3) is 86.5 Å². The molecule has 218 valence electrons. The average Bonchev–Trinajstić information content (AvgIpc) is 3.67. The van der Waals surface area contributed by atoms with Crippen LogP contribution in [0.3, 0.4) is 0 Å².